The Kier molecular flexibility index (Phi) is 3.03. The third-order valence-electron chi connectivity index (χ3n) is 2.66. The maximum absolute atomic E-state index is 11.5. The Morgan fingerprint density at radius 3 is 2.94 bits per heavy atom. The first-order valence-electron chi connectivity index (χ1n) is 5.47. The van der Waals surface area contributed by atoms with Gasteiger partial charge in [0.05, 0.1) is 5.92 Å². The van der Waals surface area contributed by atoms with Crippen molar-refractivity contribution in [2.24, 2.45) is 7.05 Å². The number of aryl methyl sites for hydroxylation is 1. The minimum atomic E-state index is -0.360. The summed E-state index contributed by atoms with van der Waals surface area (Å²) in [5.74, 6) is 1.09. The second-order valence-electron chi connectivity index (χ2n) is 3.86. The van der Waals surface area contributed by atoms with Gasteiger partial charge in [0.25, 0.3) is 0 Å². The fourth-order valence-electron chi connectivity index (χ4n) is 1.53. The SMILES string of the molecule is CCC(=O)C(C)c1nc(-c2nccn2C)no1. The minimum Gasteiger partial charge on any atom is -0.338 e. The molecule has 0 spiro atoms. The molecule has 0 bridgehead atoms. The first-order chi connectivity index (χ1) is 8.13. The van der Waals surface area contributed by atoms with Gasteiger partial charge in [-0.15, -0.1) is 0 Å². The second kappa shape index (κ2) is 4.48. The molecule has 0 amide bonds. The van der Waals surface area contributed by atoms with Crippen LogP contribution in [0.1, 0.15) is 32.1 Å². The zero-order chi connectivity index (χ0) is 12.4. The summed E-state index contributed by atoms with van der Waals surface area (Å²) in [6.45, 7) is 3.58. The highest BCUT2D eigenvalue weighted by Gasteiger charge is 2.21. The molecule has 2 aromatic rings. The van der Waals surface area contributed by atoms with Crippen molar-refractivity contribution in [1.29, 1.82) is 0 Å². The highest BCUT2D eigenvalue weighted by atomic mass is 16.5. The Labute approximate surface area is 98.7 Å². The molecule has 0 aliphatic carbocycles. The smallest absolute Gasteiger partial charge is 0.238 e. The van der Waals surface area contributed by atoms with Gasteiger partial charge < -0.3 is 9.09 Å². The van der Waals surface area contributed by atoms with Gasteiger partial charge >= 0.3 is 0 Å². The molecule has 0 N–H and O–H groups in total. The average molecular weight is 234 g/mol. The van der Waals surface area contributed by atoms with Gasteiger partial charge in [-0.05, 0) is 6.92 Å². The van der Waals surface area contributed by atoms with E-state index < -0.39 is 0 Å². The lowest BCUT2D eigenvalue weighted by Crippen LogP contribution is -2.07. The molecule has 17 heavy (non-hydrogen) atoms. The topological polar surface area (TPSA) is 73.8 Å². The van der Waals surface area contributed by atoms with Gasteiger partial charge in [0.15, 0.2) is 5.82 Å². The molecular weight excluding hydrogens is 220 g/mol. The summed E-state index contributed by atoms with van der Waals surface area (Å²) in [6, 6.07) is 0. The lowest BCUT2D eigenvalue weighted by atomic mass is 10.1. The first kappa shape index (κ1) is 11.5. The van der Waals surface area contributed by atoms with Crippen molar-refractivity contribution >= 4 is 5.78 Å². The predicted octanol–water partition coefficient (Wildman–Crippen LogP) is 1.55. The highest BCUT2D eigenvalue weighted by molar-refractivity contribution is 5.84. The number of rotatable bonds is 4. The molecule has 2 heterocycles. The maximum Gasteiger partial charge on any atom is 0.238 e. The van der Waals surface area contributed by atoms with Gasteiger partial charge in [-0.25, -0.2) is 4.98 Å². The first-order valence-corrected chi connectivity index (χ1v) is 5.47. The number of nitrogens with zero attached hydrogens (tertiary/aromatic N) is 4. The molecule has 2 aromatic heterocycles. The van der Waals surface area contributed by atoms with Crippen LogP contribution in [0.4, 0.5) is 0 Å². The summed E-state index contributed by atoms with van der Waals surface area (Å²) in [4.78, 5) is 19.8. The Morgan fingerprint density at radius 2 is 2.35 bits per heavy atom. The zero-order valence-electron chi connectivity index (χ0n) is 10.0. The molecule has 0 radical (unpaired) electrons. The number of carbonyl (C=O) groups is 1. The minimum absolute atomic E-state index is 0.0834. The van der Waals surface area contributed by atoms with E-state index in [1.807, 2.05) is 14.0 Å². The van der Waals surface area contributed by atoms with Gasteiger partial charge in [0.2, 0.25) is 11.7 Å². The van der Waals surface area contributed by atoms with Crippen molar-refractivity contribution in [3.05, 3.63) is 18.3 Å². The molecule has 6 heteroatoms. The molecule has 0 saturated heterocycles. The lowest BCUT2D eigenvalue weighted by molar-refractivity contribution is -0.120. The van der Waals surface area contributed by atoms with Crippen molar-refractivity contribution in [2.75, 3.05) is 0 Å². The number of Topliss-reactive ketones (excluding diaryl/α,β-unsaturated/α-hetero) is 1. The van der Waals surface area contributed by atoms with E-state index in [0.29, 0.717) is 24.0 Å². The largest absolute Gasteiger partial charge is 0.338 e. The molecule has 90 valence electrons. The molecule has 0 saturated carbocycles. The van der Waals surface area contributed by atoms with Crippen LogP contribution in [0.25, 0.3) is 11.6 Å². The third-order valence-corrected chi connectivity index (χ3v) is 2.66. The number of imidazole rings is 1. The Hall–Kier alpha value is -1.98. The number of hydrogen-bond acceptors (Lipinski definition) is 5. The number of ketones is 1. The number of carbonyl (C=O) groups excluding carboxylic acids is 1. The molecule has 0 fully saturated rings. The molecule has 6 nitrogen and oxygen atoms in total. The van der Waals surface area contributed by atoms with Crippen LogP contribution in [0.15, 0.2) is 16.9 Å². The van der Waals surface area contributed by atoms with Gasteiger partial charge in [-0.1, -0.05) is 12.1 Å². The molecule has 0 aliphatic rings. The van der Waals surface area contributed by atoms with Crippen LogP contribution in [-0.2, 0) is 11.8 Å². The highest BCUT2D eigenvalue weighted by Crippen LogP contribution is 2.19. The fourth-order valence-corrected chi connectivity index (χ4v) is 1.53. The summed E-state index contributed by atoms with van der Waals surface area (Å²) in [7, 11) is 1.85. The van der Waals surface area contributed by atoms with Gasteiger partial charge in [-0.3, -0.25) is 4.79 Å². The molecule has 0 aromatic carbocycles. The van der Waals surface area contributed by atoms with E-state index in [0.717, 1.165) is 0 Å². The van der Waals surface area contributed by atoms with E-state index in [2.05, 4.69) is 15.1 Å². The number of aromatic nitrogens is 4. The summed E-state index contributed by atoms with van der Waals surface area (Å²) >= 11 is 0. The fraction of sp³-hybridized carbons (Fsp3) is 0.455. The van der Waals surface area contributed by atoms with Crippen molar-refractivity contribution < 1.29 is 9.32 Å². The molecular formula is C11H14N4O2. The van der Waals surface area contributed by atoms with Gasteiger partial charge in [0, 0.05) is 25.9 Å². The lowest BCUT2D eigenvalue weighted by Gasteiger charge is -2.01. The summed E-state index contributed by atoms with van der Waals surface area (Å²) in [6.07, 6.45) is 3.92. The van der Waals surface area contributed by atoms with Crippen molar-refractivity contribution in [3.8, 4) is 11.6 Å². The molecule has 2 rings (SSSR count). The van der Waals surface area contributed by atoms with Crippen molar-refractivity contribution in [1.82, 2.24) is 19.7 Å². The zero-order valence-corrected chi connectivity index (χ0v) is 10.0. The van der Waals surface area contributed by atoms with Gasteiger partial charge in [-0.2, -0.15) is 4.98 Å². The van der Waals surface area contributed by atoms with E-state index in [4.69, 9.17) is 4.52 Å². The summed E-state index contributed by atoms with van der Waals surface area (Å²) in [5.41, 5.74) is 0. The van der Waals surface area contributed by atoms with E-state index in [9.17, 15) is 4.79 Å². The Balaban J connectivity index is 2.28. The average Bonchev–Trinajstić information content (AvgIpc) is 2.95. The van der Waals surface area contributed by atoms with Crippen LogP contribution in [0.2, 0.25) is 0 Å². The number of hydrogen-bond donors (Lipinski definition) is 0. The monoisotopic (exact) mass is 234 g/mol. The predicted molar refractivity (Wildman–Crippen MR) is 60.2 cm³/mol. The Bertz CT molecular complexity index is 529. The van der Waals surface area contributed by atoms with Crippen LogP contribution >= 0.6 is 0 Å². The van der Waals surface area contributed by atoms with Crippen LogP contribution in [0, 0.1) is 0 Å². The van der Waals surface area contributed by atoms with Crippen molar-refractivity contribution in [3.63, 3.8) is 0 Å². The van der Waals surface area contributed by atoms with Crippen LogP contribution in [0.3, 0.4) is 0 Å². The van der Waals surface area contributed by atoms with E-state index >= 15 is 0 Å². The van der Waals surface area contributed by atoms with E-state index in [-0.39, 0.29) is 11.7 Å². The normalized spacial score (nSPS) is 12.6. The van der Waals surface area contributed by atoms with E-state index in [1.165, 1.54) is 0 Å². The van der Waals surface area contributed by atoms with Crippen LogP contribution in [0.5, 0.6) is 0 Å². The van der Waals surface area contributed by atoms with Crippen LogP contribution < -0.4 is 0 Å². The maximum atomic E-state index is 11.5. The van der Waals surface area contributed by atoms with Gasteiger partial charge in [0.1, 0.15) is 5.78 Å². The molecule has 1 atom stereocenters. The second-order valence-corrected chi connectivity index (χ2v) is 3.86. The third kappa shape index (κ3) is 2.11. The summed E-state index contributed by atoms with van der Waals surface area (Å²) in [5, 5.41) is 3.84. The Morgan fingerprint density at radius 1 is 1.59 bits per heavy atom. The van der Waals surface area contributed by atoms with Crippen molar-refractivity contribution in [2.45, 2.75) is 26.2 Å². The summed E-state index contributed by atoms with van der Waals surface area (Å²) < 4.78 is 6.89. The van der Waals surface area contributed by atoms with E-state index in [1.54, 1.807) is 23.9 Å². The molecule has 0 aliphatic heterocycles. The van der Waals surface area contributed by atoms with Crippen LogP contribution in [-0.4, -0.2) is 25.5 Å². The standard InChI is InChI=1S/C11H14N4O2/c1-4-8(16)7(2)11-13-9(14-17-11)10-12-5-6-15(10)3/h5-7H,4H2,1-3H3. The molecule has 1 unspecified atom stereocenters. The quantitative estimate of drug-likeness (QED) is 0.802.